The number of ether oxygens (including phenoxy) is 1. The van der Waals surface area contributed by atoms with E-state index in [1.807, 2.05) is 12.3 Å². The number of aromatic nitrogens is 3. The number of pyridine rings is 1. The minimum atomic E-state index is -0.418. The van der Waals surface area contributed by atoms with Crippen molar-refractivity contribution in [2.45, 2.75) is 18.8 Å². The van der Waals surface area contributed by atoms with E-state index in [1.165, 1.54) is 12.8 Å². The fourth-order valence-corrected chi connectivity index (χ4v) is 5.26. The molecule has 0 N–H and O–H groups in total. The molecule has 0 saturated carbocycles. The topological polar surface area (TPSA) is 43.2 Å². The Labute approximate surface area is 172 Å². The molecule has 4 heterocycles. The molecule has 5 rings (SSSR count). The van der Waals surface area contributed by atoms with Gasteiger partial charge in [0.15, 0.2) is 11.6 Å². The van der Waals surface area contributed by atoms with Gasteiger partial charge in [-0.3, -0.25) is 4.68 Å². The predicted octanol–water partition coefficient (Wildman–Crippen LogP) is 4.81. The number of aryl methyl sites for hydroxylation is 1. The highest BCUT2D eigenvalue weighted by atomic mass is 32.1. The van der Waals surface area contributed by atoms with Crippen molar-refractivity contribution in [3.8, 4) is 16.2 Å². The number of thiophene rings is 1. The van der Waals surface area contributed by atoms with Gasteiger partial charge in [-0.2, -0.15) is 5.10 Å². The lowest BCUT2D eigenvalue weighted by atomic mass is 9.93. The summed E-state index contributed by atoms with van der Waals surface area (Å²) in [5.74, 6) is 0.330. The largest absolute Gasteiger partial charge is 0.493 e. The zero-order valence-electron chi connectivity index (χ0n) is 16.8. The van der Waals surface area contributed by atoms with Crippen LogP contribution in [-0.4, -0.2) is 46.9 Å². The van der Waals surface area contributed by atoms with Gasteiger partial charge in [0.2, 0.25) is 0 Å². The molecule has 0 atom stereocenters. The zero-order chi connectivity index (χ0) is 20.1. The highest BCUT2D eigenvalue weighted by Crippen LogP contribution is 2.42. The molecule has 0 aliphatic carbocycles. The number of nitrogens with zero attached hydrogens (tertiary/aromatic N) is 4. The van der Waals surface area contributed by atoms with Gasteiger partial charge < -0.3 is 9.64 Å². The van der Waals surface area contributed by atoms with Crippen molar-refractivity contribution in [3.05, 3.63) is 42.0 Å². The SMILES string of the molecule is COc1c(-c2cc3ccc(C4CCN(C)CC4)nc3s2)cc2cn(C)nc2c1F. The molecule has 3 aromatic heterocycles. The molecule has 0 unspecified atom stereocenters. The summed E-state index contributed by atoms with van der Waals surface area (Å²) in [7, 11) is 5.46. The second-order valence-electron chi connectivity index (χ2n) is 7.83. The Balaban J connectivity index is 1.58. The lowest BCUT2D eigenvalue weighted by Crippen LogP contribution is -2.29. The second kappa shape index (κ2) is 7.07. The number of hydrogen-bond acceptors (Lipinski definition) is 5. The molecule has 5 nitrogen and oxygen atoms in total. The van der Waals surface area contributed by atoms with E-state index in [-0.39, 0.29) is 5.75 Å². The number of fused-ring (bicyclic) bond motifs is 2. The van der Waals surface area contributed by atoms with E-state index < -0.39 is 5.82 Å². The van der Waals surface area contributed by atoms with E-state index in [0.29, 0.717) is 11.4 Å². The summed E-state index contributed by atoms with van der Waals surface area (Å²) in [5.41, 5.74) is 2.24. The molecule has 0 bridgehead atoms. The van der Waals surface area contributed by atoms with Crippen LogP contribution in [0, 0.1) is 5.82 Å². The van der Waals surface area contributed by atoms with Crippen LogP contribution in [0.4, 0.5) is 4.39 Å². The maximum absolute atomic E-state index is 15.0. The van der Waals surface area contributed by atoms with Crippen molar-refractivity contribution in [1.29, 1.82) is 0 Å². The summed E-state index contributed by atoms with van der Waals surface area (Å²) >= 11 is 1.59. The van der Waals surface area contributed by atoms with Gasteiger partial charge in [-0.15, -0.1) is 11.3 Å². The van der Waals surface area contributed by atoms with Gasteiger partial charge in [0.25, 0.3) is 0 Å². The maximum atomic E-state index is 15.0. The molecule has 1 aromatic carbocycles. The van der Waals surface area contributed by atoms with Gasteiger partial charge in [0.05, 0.1) is 7.11 Å². The first-order chi connectivity index (χ1) is 14.0. The molecular formula is C22H23FN4OS. The summed E-state index contributed by atoms with van der Waals surface area (Å²) in [6.45, 7) is 2.23. The van der Waals surface area contributed by atoms with Crippen molar-refractivity contribution >= 4 is 32.5 Å². The second-order valence-corrected chi connectivity index (χ2v) is 8.86. The summed E-state index contributed by atoms with van der Waals surface area (Å²) in [5, 5.41) is 6.06. The Morgan fingerprint density at radius 2 is 1.93 bits per heavy atom. The minimum Gasteiger partial charge on any atom is -0.493 e. The van der Waals surface area contributed by atoms with E-state index >= 15 is 4.39 Å². The number of rotatable bonds is 3. The maximum Gasteiger partial charge on any atom is 0.193 e. The van der Waals surface area contributed by atoms with Crippen LogP contribution in [0.15, 0.2) is 30.5 Å². The van der Waals surface area contributed by atoms with Crippen LogP contribution < -0.4 is 4.74 Å². The first-order valence-electron chi connectivity index (χ1n) is 9.82. The van der Waals surface area contributed by atoms with Gasteiger partial charge in [-0.05, 0) is 51.2 Å². The number of methoxy groups -OCH3 is 1. The average Bonchev–Trinajstić information content (AvgIpc) is 3.30. The highest BCUT2D eigenvalue weighted by Gasteiger charge is 2.22. The summed E-state index contributed by atoms with van der Waals surface area (Å²) in [4.78, 5) is 9.28. The molecule has 7 heteroatoms. The molecule has 4 aromatic rings. The monoisotopic (exact) mass is 410 g/mol. The van der Waals surface area contributed by atoms with Crippen LogP contribution in [0.25, 0.3) is 31.6 Å². The molecule has 0 spiro atoms. The molecule has 0 amide bonds. The van der Waals surface area contributed by atoms with E-state index in [4.69, 9.17) is 9.72 Å². The Bertz CT molecular complexity index is 1210. The predicted molar refractivity (Wildman–Crippen MR) is 115 cm³/mol. The van der Waals surface area contributed by atoms with E-state index in [1.54, 1.807) is 23.1 Å². The zero-order valence-corrected chi connectivity index (χ0v) is 17.6. The van der Waals surface area contributed by atoms with Gasteiger partial charge in [0.1, 0.15) is 10.3 Å². The number of piperidine rings is 1. The van der Waals surface area contributed by atoms with Gasteiger partial charge >= 0.3 is 0 Å². The van der Waals surface area contributed by atoms with Gasteiger partial charge in [-0.25, -0.2) is 9.37 Å². The molecular weight excluding hydrogens is 387 g/mol. The van der Waals surface area contributed by atoms with Gasteiger partial charge in [-0.1, -0.05) is 6.07 Å². The normalized spacial score (nSPS) is 16.1. The van der Waals surface area contributed by atoms with Crippen molar-refractivity contribution in [1.82, 2.24) is 19.7 Å². The smallest absolute Gasteiger partial charge is 0.193 e. The van der Waals surface area contributed by atoms with Crippen LogP contribution in [-0.2, 0) is 7.05 Å². The van der Waals surface area contributed by atoms with Crippen molar-refractivity contribution in [3.63, 3.8) is 0 Å². The van der Waals surface area contributed by atoms with E-state index in [9.17, 15) is 0 Å². The van der Waals surface area contributed by atoms with Crippen molar-refractivity contribution in [2.75, 3.05) is 27.2 Å². The van der Waals surface area contributed by atoms with Crippen LogP contribution in [0.3, 0.4) is 0 Å². The van der Waals surface area contributed by atoms with Crippen LogP contribution in [0.5, 0.6) is 5.75 Å². The summed E-state index contributed by atoms with van der Waals surface area (Å²) < 4.78 is 22.1. The highest BCUT2D eigenvalue weighted by molar-refractivity contribution is 7.21. The Morgan fingerprint density at radius 1 is 1.14 bits per heavy atom. The standard InChI is InChI=1S/C22H23FN4OS/c1-26-8-6-13(7-9-26)17-5-4-14-11-18(29-22(14)24-17)16-10-15-12-27(2)25-20(15)19(23)21(16)28-3/h4-5,10-13H,6-9H2,1-3H3. The number of likely N-dealkylation sites (tertiary alicyclic amines) is 1. The molecule has 1 saturated heterocycles. The lowest BCUT2D eigenvalue weighted by molar-refractivity contribution is 0.253. The van der Waals surface area contributed by atoms with Crippen LogP contribution >= 0.6 is 11.3 Å². The van der Waals surface area contributed by atoms with Crippen molar-refractivity contribution in [2.24, 2.45) is 7.05 Å². The average molecular weight is 411 g/mol. The quantitative estimate of drug-likeness (QED) is 0.486. The first kappa shape index (κ1) is 18.5. The number of hydrogen-bond donors (Lipinski definition) is 0. The summed E-state index contributed by atoms with van der Waals surface area (Å²) in [6.07, 6.45) is 4.11. The molecule has 1 aliphatic heterocycles. The number of benzene rings is 1. The molecule has 0 radical (unpaired) electrons. The fourth-order valence-electron chi connectivity index (χ4n) is 4.21. The Kier molecular flexibility index (Phi) is 4.52. The molecule has 1 fully saturated rings. The van der Waals surface area contributed by atoms with Crippen LogP contribution in [0.2, 0.25) is 0 Å². The summed E-state index contributed by atoms with van der Waals surface area (Å²) in [6, 6.07) is 8.32. The fraction of sp³-hybridized carbons (Fsp3) is 0.364. The van der Waals surface area contributed by atoms with Crippen molar-refractivity contribution < 1.29 is 9.13 Å². The first-order valence-corrected chi connectivity index (χ1v) is 10.6. The third-order valence-electron chi connectivity index (χ3n) is 5.82. The third-order valence-corrected chi connectivity index (χ3v) is 6.90. The van der Waals surface area contributed by atoms with Gasteiger partial charge in [0, 0.05) is 46.1 Å². The molecule has 29 heavy (non-hydrogen) atoms. The van der Waals surface area contributed by atoms with E-state index in [0.717, 1.165) is 52.0 Å². The Hall–Kier alpha value is -2.51. The molecule has 150 valence electrons. The minimum absolute atomic E-state index is 0.235. The number of halogens is 1. The van der Waals surface area contributed by atoms with Crippen LogP contribution in [0.1, 0.15) is 24.5 Å². The third kappa shape index (κ3) is 3.18. The van der Waals surface area contributed by atoms with E-state index in [2.05, 4.69) is 35.2 Å². The lowest BCUT2D eigenvalue weighted by Gasteiger charge is -2.28. The molecule has 1 aliphatic rings. The Morgan fingerprint density at radius 3 is 2.69 bits per heavy atom.